The van der Waals surface area contributed by atoms with E-state index in [0.717, 1.165) is 19.5 Å². The van der Waals surface area contributed by atoms with E-state index in [0.29, 0.717) is 11.9 Å². The Kier molecular flexibility index (Phi) is 4.21. The maximum Gasteiger partial charge on any atom is 0.337 e. The molecule has 6 heteroatoms. The second kappa shape index (κ2) is 5.88. The molecule has 6 nitrogen and oxygen atoms in total. The van der Waals surface area contributed by atoms with Crippen molar-refractivity contribution < 1.29 is 9.90 Å². The van der Waals surface area contributed by atoms with Crippen molar-refractivity contribution >= 4 is 17.5 Å². The third-order valence-corrected chi connectivity index (χ3v) is 3.61. The van der Waals surface area contributed by atoms with Gasteiger partial charge in [-0.05, 0) is 32.5 Å². The fourth-order valence-corrected chi connectivity index (χ4v) is 2.37. The van der Waals surface area contributed by atoms with Crippen LogP contribution in [0.25, 0.3) is 0 Å². The number of rotatable bonds is 4. The van der Waals surface area contributed by atoms with E-state index in [1.54, 1.807) is 0 Å². The minimum atomic E-state index is -1.03. The smallest absolute Gasteiger partial charge is 0.337 e. The summed E-state index contributed by atoms with van der Waals surface area (Å²) in [6.45, 7) is 1.88. The van der Waals surface area contributed by atoms with E-state index >= 15 is 0 Å². The summed E-state index contributed by atoms with van der Waals surface area (Å²) in [5.74, 6) is -0.469. The van der Waals surface area contributed by atoms with Crippen molar-refractivity contribution in [3.05, 3.63) is 17.8 Å². The Balaban J connectivity index is 1.99. The zero-order valence-corrected chi connectivity index (χ0v) is 11.1. The van der Waals surface area contributed by atoms with Gasteiger partial charge in [-0.3, -0.25) is 0 Å². The summed E-state index contributed by atoms with van der Waals surface area (Å²) in [6.07, 6.45) is 5.03. The van der Waals surface area contributed by atoms with Gasteiger partial charge in [-0.2, -0.15) is 0 Å². The number of piperidine rings is 1. The number of hydrogen-bond acceptors (Lipinski definition) is 5. The van der Waals surface area contributed by atoms with Gasteiger partial charge in [-0.15, -0.1) is 0 Å². The number of carbonyl (C=O) groups is 1. The second-order valence-corrected chi connectivity index (χ2v) is 4.97. The van der Waals surface area contributed by atoms with E-state index in [-0.39, 0.29) is 11.3 Å². The first kappa shape index (κ1) is 13.6. The zero-order valence-electron chi connectivity index (χ0n) is 11.1. The molecule has 1 aliphatic rings. The molecule has 1 unspecified atom stereocenters. The Morgan fingerprint density at radius 1 is 1.63 bits per heavy atom. The fourth-order valence-electron chi connectivity index (χ4n) is 2.37. The predicted octanol–water partition coefficient (Wildman–Crippen LogP) is 1.26. The van der Waals surface area contributed by atoms with E-state index in [4.69, 9.17) is 10.8 Å². The summed E-state index contributed by atoms with van der Waals surface area (Å²) in [5, 5.41) is 12.2. The molecule has 1 aromatic rings. The van der Waals surface area contributed by atoms with Crippen LogP contribution in [0.3, 0.4) is 0 Å². The Morgan fingerprint density at radius 3 is 3.11 bits per heavy atom. The quantitative estimate of drug-likeness (QED) is 0.758. The second-order valence-electron chi connectivity index (χ2n) is 4.97. The van der Waals surface area contributed by atoms with Gasteiger partial charge < -0.3 is 21.1 Å². The summed E-state index contributed by atoms with van der Waals surface area (Å²) < 4.78 is 0. The molecule has 0 radical (unpaired) electrons. The Labute approximate surface area is 112 Å². The highest BCUT2D eigenvalue weighted by molar-refractivity contribution is 5.94. The van der Waals surface area contributed by atoms with E-state index in [2.05, 4.69) is 22.2 Å². The van der Waals surface area contributed by atoms with Crippen molar-refractivity contribution in [1.29, 1.82) is 0 Å². The lowest BCUT2D eigenvalue weighted by Gasteiger charge is -2.32. The number of hydrogen-bond donors (Lipinski definition) is 3. The van der Waals surface area contributed by atoms with Crippen molar-refractivity contribution in [3.63, 3.8) is 0 Å². The molecule has 1 aliphatic heterocycles. The number of pyridine rings is 1. The average Bonchev–Trinajstić information content (AvgIpc) is 2.39. The van der Waals surface area contributed by atoms with Gasteiger partial charge in [-0.1, -0.05) is 6.42 Å². The molecule has 0 spiro atoms. The number of carboxylic acids is 1. The summed E-state index contributed by atoms with van der Waals surface area (Å²) in [5.41, 5.74) is 5.85. The number of aromatic carboxylic acids is 1. The molecule has 0 saturated carbocycles. The molecular weight excluding hydrogens is 244 g/mol. The Bertz CT molecular complexity index is 464. The van der Waals surface area contributed by atoms with Gasteiger partial charge in [0.05, 0.1) is 17.4 Å². The summed E-state index contributed by atoms with van der Waals surface area (Å²) in [6, 6.07) is 1.96. The average molecular weight is 264 g/mol. The maximum absolute atomic E-state index is 11.0. The molecule has 1 fully saturated rings. The van der Waals surface area contributed by atoms with E-state index in [9.17, 15) is 4.79 Å². The number of likely N-dealkylation sites (tertiary alicyclic amines) is 1. The minimum absolute atomic E-state index is 0.0921. The summed E-state index contributed by atoms with van der Waals surface area (Å²) in [7, 11) is 2.12. The van der Waals surface area contributed by atoms with Crippen molar-refractivity contribution in [1.82, 2.24) is 9.88 Å². The number of nitrogen functional groups attached to an aromatic ring is 1. The zero-order chi connectivity index (χ0) is 13.8. The lowest BCUT2D eigenvalue weighted by Crippen LogP contribution is -2.40. The number of aromatic nitrogens is 1. The molecule has 4 N–H and O–H groups in total. The molecular formula is C13H20N4O2. The van der Waals surface area contributed by atoms with Crippen LogP contribution in [-0.2, 0) is 0 Å². The van der Waals surface area contributed by atoms with Gasteiger partial charge in [0.1, 0.15) is 5.82 Å². The van der Waals surface area contributed by atoms with Crippen LogP contribution in [0.5, 0.6) is 0 Å². The van der Waals surface area contributed by atoms with Gasteiger partial charge in [-0.25, -0.2) is 9.78 Å². The normalized spacial score (nSPS) is 20.2. The molecule has 104 valence electrons. The monoisotopic (exact) mass is 264 g/mol. The molecule has 0 amide bonds. The molecule has 0 aliphatic carbocycles. The molecule has 2 rings (SSSR count). The van der Waals surface area contributed by atoms with Gasteiger partial charge in [0.25, 0.3) is 0 Å². The Hall–Kier alpha value is -1.82. The molecule has 1 aromatic heterocycles. The first-order valence-electron chi connectivity index (χ1n) is 6.51. The lowest BCUT2D eigenvalue weighted by atomic mass is 10.0. The van der Waals surface area contributed by atoms with Crippen molar-refractivity contribution in [2.75, 3.05) is 31.2 Å². The van der Waals surface area contributed by atoms with Crippen molar-refractivity contribution in [3.8, 4) is 0 Å². The van der Waals surface area contributed by atoms with Crippen LogP contribution in [0.15, 0.2) is 12.3 Å². The molecule has 1 atom stereocenters. The van der Waals surface area contributed by atoms with Crippen molar-refractivity contribution in [2.24, 2.45) is 0 Å². The van der Waals surface area contributed by atoms with Crippen LogP contribution in [0.1, 0.15) is 29.6 Å². The highest BCUT2D eigenvalue weighted by Crippen LogP contribution is 2.17. The number of nitrogens with zero attached hydrogens (tertiary/aromatic N) is 2. The maximum atomic E-state index is 11.0. The molecule has 0 aromatic carbocycles. The highest BCUT2D eigenvalue weighted by Gasteiger charge is 2.18. The SMILES string of the molecule is CN1CCCCC1CNc1cc(C(=O)O)c(N)cn1. The standard InChI is InChI=1S/C13H20N4O2/c1-17-5-3-2-4-9(17)7-15-12-6-10(13(18)19)11(14)8-16-12/h6,8-9H,2-5,7,14H2,1H3,(H,15,16)(H,18,19). The summed E-state index contributed by atoms with van der Waals surface area (Å²) in [4.78, 5) is 17.4. The van der Waals surface area contributed by atoms with Gasteiger partial charge in [0, 0.05) is 12.6 Å². The van der Waals surface area contributed by atoms with Crippen molar-refractivity contribution in [2.45, 2.75) is 25.3 Å². The molecule has 2 heterocycles. The highest BCUT2D eigenvalue weighted by atomic mass is 16.4. The van der Waals surface area contributed by atoms with Crippen LogP contribution >= 0.6 is 0 Å². The number of carboxylic acid groups (broad SMARTS) is 1. The van der Waals surface area contributed by atoms with Gasteiger partial charge >= 0.3 is 5.97 Å². The van der Waals surface area contributed by atoms with E-state index in [1.807, 2.05) is 0 Å². The third kappa shape index (κ3) is 3.35. The van der Waals surface area contributed by atoms with Crippen LogP contribution < -0.4 is 11.1 Å². The molecule has 19 heavy (non-hydrogen) atoms. The number of likely N-dealkylation sites (N-methyl/N-ethyl adjacent to an activating group) is 1. The topological polar surface area (TPSA) is 91.5 Å². The van der Waals surface area contributed by atoms with Gasteiger partial charge in [0.2, 0.25) is 0 Å². The minimum Gasteiger partial charge on any atom is -0.478 e. The van der Waals surface area contributed by atoms with Crippen LogP contribution in [-0.4, -0.2) is 47.1 Å². The first-order chi connectivity index (χ1) is 9.08. The first-order valence-corrected chi connectivity index (χ1v) is 6.51. The number of anilines is 2. The summed E-state index contributed by atoms with van der Waals surface area (Å²) >= 11 is 0. The van der Waals surface area contributed by atoms with Crippen LogP contribution in [0, 0.1) is 0 Å². The number of nitrogens with one attached hydrogen (secondary N) is 1. The predicted molar refractivity (Wildman–Crippen MR) is 74.4 cm³/mol. The lowest BCUT2D eigenvalue weighted by molar-refractivity contribution is 0.0698. The Morgan fingerprint density at radius 2 is 2.42 bits per heavy atom. The van der Waals surface area contributed by atoms with Crippen LogP contribution in [0.4, 0.5) is 11.5 Å². The van der Waals surface area contributed by atoms with Crippen LogP contribution in [0.2, 0.25) is 0 Å². The van der Waals surface area contributed by atoms with E-state index < -0.39 is 5.97 Å². The third-order valence-electron chi connectivity index (χ3n) is 3.61. The molecule has 0 bridgehead atoms. The van der Waals surface area contributed by atoms with Gasteiger partial charge in [0.15, 0.2) is 0 Å². The largest absolute Gasteiger partial charge is 0.478 e. The molecule has 1 saturated heterocycles. The van der Waals surface area contributed by atoms with E-state index in [1.165, 1.54) is 25.1 Å². The fraction of sp³-hybridized carbons (Fsp3) is 0.538. The number of nitrogens with two attached hydrogens (primary N) is 1.